The van der Waals surface area contributed by atoms with Crippen molar-refractivity contribution in [3.05, 3.63) is 53.7 Å². The topological polar surface area (TPSA) is 62.7 Å². The van der Waals surface area contributed by atoms with E-state index in [0.29, 0.717) is 26.3 Å². The molecule has 2 heterocycles. The number of hydrogen-bond acceptors (Lipinski definition) is 5. The van der Waals surface area contributed by atoms with Crippen LogP contribution in [0.1, 0.15) is 23.6 Å². The van der Waals surface area contributed by atoms with Crippen LogP contribution in [0.2, 0.25) is 0 Å². The molecule has 0 saturated carbocycles. The number of benzene rings is 1. The summed E-state index contributed by atoms with van der Waals surface area (Å²) < 4.78 is 32.1. The van der Waals surface area contributed by atoms with Gasteiger partial charge in [0, 0.05) is 26.3 Å². The molecular formula is C19H23N3O3S. The first-order chi connectivity index (χ1) is 12.6. The van der Waals surface area contributed by atoms with Crippen LogP contribution >= 0.6 is 0 Å². The SMILES string of the molecule is CN(c1ccc(S(=O)(=O)N2CCOCC2)cn1)C1CCc2ccccc21. The average Bonchev–Trinajstić information content (AvgIpc) is 3.12. The summed E-state index contributed by atoms with van der Waals surface area (Å²) in [4.78, 5) is 6.82. The molecule has 1 aliphatic carbocycles. The second-order valence-corrected chi connectivity index (χ2v) is 8.67. The Labute approximate surface area is 154 Å². The fraction of sp³-hybridized carbons (Fsp3) is 0.421. The summed E-state index contributed by atoms with van der Waals surface area (Å²) in [7, 11) is -1.48. The lowest BCUT2D eigenvalue weighted by molar-refractivity contribution is 0.0730. The molecule has 1 atom stereocenters. The summed E-state index contributed by atoms with van der Waals surface area (Å²) >= 11 is 0. The van der Waals surface area contributed by atoms with Crippen LogP contribution in [-0.4, -0.2) is 51.1 Å². The summed E-state index contributed by atoms with van der Waals surface area (Å²) in [5, 5.41) is 0. The summed E-state index contributed by atoms with van der Waals surface area (Å²) in [6.45, 7) is 1.66. The summed E-state index contributed by atoms with van der Waals surface area (Å²) in [5.74, 6) is 0.785. The van der Waals surface area contributed by atoms with E-state index in [4.69, 9.17) is 4.74 Å². The quantitative estimate of drug-likeness (QED) is 0.822. The van der Waals surface area contributed by atoms with E-state index in [-0.39, 0.29) is 10.9 Å². The van der Waals surface area contributed by atoms with E-state index in [0.717, 1.165) is 18.7 Å². The van der Waals surface area contributed by atoms with E-state index in [1.807, 2.05) is 7.05 Å². The van der Waals surface area contributed by atoms with E-state index in [9.17, 15) is 8.42 Å². The van der Waals surface area contributed by atoms with E-state index < -0.39 is 10.0 Å². The third-order valence-corrected chi connectivity index (χ3v) is 7.14. The highest BCUT2D eigenvalue weighted by Gasteiger charge is 2.28. The Morgan fingerprint density at radius 3 is 2.65 bits per heavy atom. The molecule has 0 radical (unpaired) electrons. The molecular weight excluding hydrogens is 350 g/mol. The van der Waals surface area contributed by atoms with Crippen molar-refractivity contribution in [1.29, 1.82) is 0 Å². The number of nitrogens with zero attached hydrogens (tertiary/aromatic N) is 3. The molecule has 7 heteroatoms. The number of sulfonamides is 1. The standard InChI is InChI=1S/C19H23N3O3S/c1-21(18-8-6-15-4-2-3-5-17(15)18)19-9-7-16(14-20-19)26(23,24)22-10-12-25-13-11-22/h2-5,7,9,14,18H,6,8,10-13H2,1H3. The van der Waals surface area contributed by atoms with Gasteiger partial charge in [-0.1, -0.05) is 24.3 Å². The number of morpholine rings is 1. The van der Waals surface area contributed by atoms with Crippen molar-refractivity contribution in [2.45, 2.75) is 23.8 Å². The van der Waals surface area contributed by atoms with Crippen molar-refractivity contribution in [3.8, 4) is 0 Å². The minimum Gasteiger partial charge on any atom is -0.379 e. The zero-order chi connectivity index (χ0) is 18.1. The van der Waals surface area contributed by atoms with Gasteiger partial charge in [0.1, 0.15) is 10.7 Å². The van der Waals surface area contributed by atoms with Gasteiger partial charge in [-0.3, -0.25) is 0 Å². The number of aryl methyl sites for hydroxylation is 1. The number of rotatable bonds is 4. The first-order valence-electron chi connectivity index (χ1n) is 8.92. The van der Waals surface area contributed by atoms with Gasteiger partial charge in [-0.05, 0) is 36.1 Å². The van der Waals surface area contributed by atoms with Crippen molar-refractivity contribution >= 4 is 15.8 Å². The molecule has 0 N–H and O–H groups in total. The molecule has 4 rings (SSSR count). The summed E-state index contributed by atoms with van der Waals surface area (Å²) in [5.41, 5.74) is 2.72. The highest BCUT2D eigenvalue weighted by atomic mass is 32.2. The first-order valence-corrected chi connectivity index (χ1v) is 10.4. The molecule has 1 aliphatic heterocycles. The monoisotopic (exact) mass is 373 g/mol. The lowest BCUT2D eigenvalue weighted by Crippen LogP contribution is -2.40. The molecule has 1 saturated heterocycles. The Morgan fingerprint density at radius 1 is 1.15 bits per heavy atom. The van der Waals surface area contributed by atoms with Crippen LogP contribution in [0.5, 0.6) is 0 Å². The van der Waals surface area contributed by atoms with Crippen LogP contribution in [0, 0.1) is 0 Å². The third-order valence-electron chi connectivity index (χ3n) is 5.26. The average molecular weight is 373 g/mol. The largest absolute Gasteiger partial charge is 0.379 e. The Bertz CT molecular complexity index is 877. The van der Waals surface area contributed by atoms with Crippen LogP contribution in [-0.2, 0) is 21.2 Å². The van der Waals surface area contributed by atoms with Gasteiger partial charge in [0.15, 0.2) is 0 Å². The van der Waals surface area contributed by atoms with Crippen LogP contribution in [0.4, 0.5) is 5.82 Å². The summed E-state index contributed by atoms with van der Waals surface area (Å²) in [6.07, 6.45) is 3.58. The minimum absolute atomic E-state index is 0.239. The number of ether oxygens (including phenoxy) is 1. The molecule has 138 valence electrons. The number of aromatic nitrogens is 1. The molecule has 2 aliphatic rings. The van der Waals surface area contributed by atoms with Crippen LogP contribution in [0.25, 0.3) is 0 Å². The molecule has 6 nitrogen and oxygen atoms in total. The van der Waals surface area contributed by atoms with Gasteiger partial charge in [0.25, 0.3) is 0 Å². The van der Waals surface area contributed by atoms with E-state index >= 15 is 0 Å². The number of fused-ring (bicyclic) bond motifs is 1. The normalized spacial score (nSPS) is 20.7. The molecule has 1 fully saturated rings. The van der Waals surface area contributed by atoms with Gasteiger partial charge in [0.05, 0.1) is 19.3 Å². The van der Waals surface area contributed by atoms with Crippen molar-refractivity contribution < 1.29 is 13.2 Å². The molecule has 0 bridgehead atoms. The molecule has 1 aromatic heterocycles. The maximum absolute atomic E-state index is 12.7. The van der Waals surface area contributed by atoms with Crippen molar-refractivity contribution in [1.82, 2.24) is 9.29 Å². The van der Waals surface area contributed by atoms with Crippen LogP contribution in [0.15, 0.2) is 47.5 Å². The van der Waals surface area contributed by atoms with Gasteiger partial charge in [-0.25, -0.2) is 13.4 Å². The van der Waals surface area contributed by atoms with Gasteiger partial charge in [-0.15, -0.1) is 0 Å². The predicted octanol–water partition coefficient (Wildman–Crippen LogP) is 2.23. The molecule has 2 aromatic rings. The fourth-order valence-corrected chi connectivity index (χ4v) is 5.12. The first kappa shape index (κ1) is 17.5. The molecule has 1 aromatic carbocycles. The second kappa shape index (κ2) is 6.98. The lowest BCUT2D eigenvalue weighted by Gasteiger charge is -2.28. The lowest BCUT2D eigenvalue weighted by atomic mass is 10.1. The van der Waals surface area contributed by atoms with Crippen molar-refractivity contribution in [2.24, 2.45) is 0 Å². The van der Waals surface area contributed by atoms with Crippen molar-refractivity contribution in [2.75, 3.05) is 38.3 Å². The fourth-order valence-electron chi connectivity index (χ4n) is 3.77. The zero-order valence-electron chi connectivity index (χ0n) is 14.8. The summed E-state index contributed by atoms with van der Waals surface area (Å²) in [6, 6.07) is 12.2. The van der Waals surface area contributed by atoms with E-state index in [1.165, 1.54) is 21.6 Å². The van der Waals surface area contributed by atoms with E-state index in [1.54, 1.807) is 12.1 Å². The second-order valence-electron chi connectivity index (χ2n) is 6.73. The highest BCUT2D eigenvalue weighted by molar-refractivity contribution is 7.89. The maximum atomic E-state index is 12.7. The predicted molar refractivity (Wildman–Crippen MR) is 99.7 cm³/mol. The Hall–Kier alpha value is -1.96. The van der Waals surface area contributed by atoms with Crippen LogP contribution in [0.3, 0.4) is 0 Å². The number of hydrogen-bond donors (Lipinski definition) is 0. The molecule has 1 unspecified atom stereocenters. The van der Waals surface area contributed by atoms with Gasteiger partial charge >= 0.3 is 0 Å². The van der Waals surface area contributed by atoms with Gasteiger partial charge < -0.3 is 9.64 Å². The minimum atomic E-state index is -3.50. The van der Waals surface area contributed by atoms with Gasteiger partial charge in [0.2, 0.25) is 10.0 Å². The van der Waals surface area contributed by atoms with Crippen LogP contribution < -0.4 is 4.90 Å². The molecule has 26 heavy (non-hydrogen) atoms. The van der Waals surface area contributed by atoms with E-state index in [2.05, 4.69) is 34.1 Å². The number of anilines is 1. The zero-order valence-corrected chi connectivity index (χ0v) is 15.7. The Balaban J connectivity index is 1.55. The third kappa shape index (κ3) is 3.11. The number of pyridine rings is 1. The van der Waals surface area contributed by atoms with Crippen molar-refractivity contribution in [3.63, 3.8) is 0 Å². The molecule has 0 spiro atoms. The Morgan fingerprint density at radius 2 is 1.92 bits per heavy atom. The maximum Gasteiger partial charge on any atom is 0.244 e. The Kier molecular flexibility index (Phi) is 4.69. The van der Waals surface area contributed by atoms with Gasteiger partial charge in [-0.2, -0.15) is 4.31 Å². The highest BCUT2D eigenvalue weighted by Crippen LogP contribution is 2.36. The molecule has 0 amide bonds. The smallest absolute Gasteiger partial charge is 0.244 e.